The lowest BCUT2D eigenvalue weighted by Crippen LogP contribution is -2.22. The van der Waals surface area contributed by atoms with Crippen molar-refractivity contribution in [2.45, 2.75) is 58.5 Å². The van der Waals surface area contributed by atoms with Gasteiger partial charge in [0, 0.05) is 0 Å². The number of hydrogen-bond donors (Lipinski definition) is 2. The Morgan fingerprint density at radius 3 is 2.28 bits per heavy atom. The second kappa shape index (κ2) is 9.50. The van der Waals surface area contributed by atoms with Crippen molar-refractivity contribution in [1.29, 1.82) is 0 Å². The molecule has 108 valence electrons. The molecule has 0 saturated heterocycles. The molecule has 0 aliphatic carbocycles. The molecule has 0 fully saturated rings. The fourth-order valence-corrected chi connectivity index (χ4v) is 1.92. The molecule has 0 amide bonds. The maximum absolute atomic E-state index is 11.3. The summed E-state index contributed by atoms with van der Waals surface area (Å²) in [4.78, 5) is 28.3. The van der Waals surface area contributed by atoms with Gasteiger partial charge in [-0.05, 0) is 13.3 Å². The molecule has 6 nitrogen and oxygen atoms in total. The molecule has 0 radical (unpaired) electrons. The molecular weight excluding hydrogens is 259 g/mol. The van der Waals surface area contributed by atoms with Crippen LogP contribution in [0.4, 0.5) is 0 Å². The number of ether oxygens (including phenoxy) is 1. The first kappa shape index (κ1) is 17.6. The zero-order valence-corrected chi connectivity index (χ0v) is 11.9. The molecule has 0 aliphatic rings. The van der Waals surface area contributed by atoms with E-state index in [9.17, 15) is 9.36 Å². The van der Waals surface area contributed by atoms with Gasteiger partial charge in [0.2, 0.25) is 0 Å². The lowest BCUT2D eigenvalue weighted by Gasteiger charge is -2.12. The lowest BCUT2D eigenvalue weighted by atomic mass is 10.1. The molecule has 1 atom stereocenters. The van der Waals surface area contributed by atoms with E-state index in [2.05, 4.69) is 11.4 Å². The van der Waals surface area contributed by atoms with Gasteiger partial charge in [0.05, 0.1) is 6.61 Å². The number of rotatable bonds is 10. The Bertz CT molecular complexity index is 275. The average Bonchev–Trinajstić information content (AvgIpc) is 2.25. The summed E-state index contributed by atoms with van der Waals surface area (Å²) in [5.74, 6) is -0.744. The van der Waals surface area contributed by atoms with E-state index < -0.39 is 19.9 Å². The van der Waals surface area contributed by atoms with Crippen molar-refractivity contribution in [3.05, 3.63) is 0 Å². The van der Waals surface area contributed by atoms with Gasteiger partial charge in [-0.3, -0.25) is 4.52 Å². The van der Waals surface area contributed by atoms with Crippen LogP contribution in [0.15, 0.2) is 0 Å². The number of carbonyl (C=O) groups excluding carboxylic acids is 1. The molecule has 7 heteroatoms. The van der Waals surface area contributed by atoms with E-state index >= 15 is 0 Å². The molecule has 18 heavy (non-hydrogen) atoms. The minimum absolute atomic E-state index is 0.264. The van der Waals surface area contributed by atoms with E-state index in [-0.39, 0.29) is 6.61 Å². The van der Waals surface area contributed by atoms with E-state index in [4.69, 9.17) is 14.5 Å². The number of phosphoric ester groups is 1. The Balaban J connectivity index is 3.55. The van der Waals surface area contributed by atoms with Gasteiger partial charge in [0.25, 0.3) is 0 Å². The van der Waals surface area contributed by atoms with Gasteiger partial charge in [0.1, 0.15) is 0 Å². The SMILES string of the molecule is CCCCCCCCOC(=O)C(C)OP(=O)(O)O. The first-order valence-electron chi connectivity index (χ1n) is 6.27. The van der Waals surface area contributed by atoms with Crippen molar-refractivity contribution in [3.8, 4) is 0 Å². The van der Waals surface area contributed by atoms with Crippen LogP contribution < -0.4 is 0 Å². The van der Waals surface area contributed by atoms with Gasteiger partial charge in [-0.2, -0.15) is 0 Å². The molecule has 0 rings (SSSR count). The van der Waals surface area contributed by atoms with Gasteiger partial charge < -0.3 is 14.5 Å². The van der Waals surface area contributed by atoms with Crippen LogP contribution in [0.5, 0.6) is 0 Å². The van der Waals surface area contributed by atoms with Gasteiger partial charge in [-0.15, -0.1) is 0 Å². The molecule has 0 aliphatic heterocycles. The number of hydrogen-bond acceptors (Lipinski definition) is 4. The zero-order chi connectivity index (χ0) is 14.0. The normalized spacial score (nSPS) is 13.3. The third-order valence-corrected chi connectivity index (χ3v) is 2.96. The predicted octanol–water partition coefficient (Wildman–Crippen LogP) is 2.39. The van der Waals surface area contributed by atoms with Crippen LogP contribution in [0.3, 0.4) is 0 Å². The molecular formula is C11H23O6P. The highest BCUT2D eigenvalue weighted by atomic mass is 31.2. The maximum atomic E-state index is 11.3. The molecule has 0 heterocycles. The summed E-state index contributed by atoms with van der Waals surface area (Å²) < 4.78 is 19.5. The Labute approximate surface area is 108 Å². The van der Waals surface area contributed by atoms with Crippen molar-refractivity contribution >= 4 is 13.8 Å². The topological polar surface area (TPSA) is 93.1 Å². The van der Waals surface area contributed by atoms with E-state index in [1.807, 2.05) is 0 Å². The third kappa shape index (κ3) is 10.7. The Hall–Kier alpha value is -0.420. The summed E-state index contributed by atoms with van der Waals surface area (Å²) in [6.45, 7) is 3.66. The molecule has 2 N–H and O–H groups in total. The first-order chi connectivity index (χ1) is 8.37. The standard InChI is InChI=1S/C11H23O6P/c1-3-4-5-6-7-8-9-16-11(12)10(2)17-18(13,14)15/h10H,3-9H2,1-2H3,(H2,13,14,15). The van der Waals surface area contributed by atoms with Crippen LogP contribution in [-0.2, 0) is 18.6 Å². The highest BCUT2D eigenvalue weighted by Gasteiger charge is 2.25. The molecule has 0 aromatic carbocycles. The van der Waals surface area contributed by atoms with Crippen molar-refractivity contribution in [2.75, 3.05) is 6.61 Å². The van der Waals surface area contributed by atoms with Gasteiger partial charge >= 0.3 is 13.8 Å². The first-order valence-corrected chi connectivity index (χ1v) is 7.80. The fraction of sp³-hybridized carbons (Fsp3) is 0.909. The van der Waals surface area contributed by atoms with E-state index in [1.54, 1.807) is 0 Å². The Kier molecular flexibility index (Phi) is 9.28. The minimum atomic E-state index is -4.63. The van der Waals surface area contributed by atoms with Crippen molar-refractivity contribution in [3.63, 3.8) is 0 Å². The predicted molar refractivity (Wildman–Crippen MR) is 66.9 cm³/mol. The highest BCUT2D eigenvalue weighted by molar-refractivity contribution is 7.46. The van der Waals surface area contributed by atoms with Crippen LogP contribution in [0, 0.1) is 0 Å². The monoisotopic (exact) mass is 282 g/mol. The maximum Gasteiger partial charge on any atom is 0.470 e. The zero-order valence-electron chi connectivity index (χ0n) is 11.0. The summed E-state index contributed by atoms with van der Waals surface area (Å²) in [5, 5.41) is 0. The third-order valence-electron chi connectivity index (χ3n) is 2.37. The molecule has 0 spiro atoms. The van der Waals surface area contributed by atoms with Crippen LogP contribution in [0.25, 0.3) is 0 Å². The second-order valence-corrected chi connectivity index (χ2v) is 5.37. The molecule has 0 aromatic rings. The molecule has 1 unspecified atom stereocenters. The number of carbonyl (C=O) groups is 1. The number of phosphoric acid groups is 1. The Morgan fingerprint density at radius 1 is 1.17 bits per heavy atom. The van der Waals surface area contributed by atoms with Crippen LogP contribution in [0.1, 0.15) is 52.4 Å². The van der Waals surface area contributed by atoms with Gasteiger partial charge in [-0.25, -0.2) is 9.36 Å². The van der Waals surface area contributed by atoms with Gasteiger partial charge in [0.15, 0.2) is 6.10 Å². The average molecular weight is 282 g/mol. The van der Waals surface area contributed by atoms with E-state index in [0.29, 0.717) is 0 Å². The molecule has 0 aromatic heterocycles. The fourth-order valence-electron chi connectivity index (χ4n) is 1.42. The number of unbranched alkanes of at least 4 members (excludes halogenated alkanes) is 5. The smallest absolute Gasteiger partial charge is 0.464 e. The van der Waals surface area contributed by atoms with Crippen molar-refractivity contribution < 1.29 is 28.4 Å². The lowest BCUT2D eigenvalue weighted by molar-refractivity contribution is -0.152. The second-order valence-electron chi connectivity index (χ2n) is 4.17. The summed E-state index contributed by atoms with van der Waals surface area (Å²) in [6.07, 6.45) is 5.20. The summed E-state index contributed by atoms with van der Waals surface area (Å²) in [5.41, 5.74) is 0. The minimum Gasteiger partial charge on any atom is -0.464 e. The molecule has 0 saturated carbocycles. The summed E-state index contributed by atoms with van der Waals surface area (Å²) in [7, 11) is -4.63. The van der Waals surface area contributed by atoms with E-state index in [0.717, 1.165) is 19.3 Å². The van der Waals surface area contributed by atoms with Crippen molar-refractivity contribution in [2.24, 2.45) is 0 Å². The summed E-state index contributed by atoms with van der Waals surface area (Å²) >= 11 is 0. The van der Waals surface area contributed by atoms with Crippen LogP contribution >= 0.6 is 7.82 Å². The highest BCUT2D eigenvalue weighted by Crippen LogP contribution is 2.37. The Morgan fingerprint density at radius 2 is 1.72 bits per heavy atom. The number of esters is 1. The molecule has 0 bridgehead atoms. The largest absolute Gasteiger partial charge is 0.470 e. The van der Waals surface area contributed by atoms with Crippen LogP contribution in [-0.4, -0.2) is 28.5 Å². The summed E-state index contributed by atoms with van der Waals surface area (Å²) in [6, 6.07) is 0. The van der Waals surface area contributed by atoms with Crippen molar-refractivity contribution in [1.82, 2.24) is 0 Å². The quantitative estimate of drug-likeness (QED) is 0.363. The van der Waals surface area contributed by atoms with Crippen LogP contribution in [0.2, 0.25) is 0 Å². The van der Waals surface area contributed by atoms with E-state index in [1.165, 1.54) is 26.2 Å². The van der Waals surface area contributed by atoms with Gasteiger partial charge in [-0.1, -0.05) is 39.0 Å².